The summed E-state index contributed by atoms with van der Waals surface area (Å²) < 4.78 is 1.69. The molecule has 102 valence electrons. The van der Waals surface area contributed by atoms with Crippen molar-refractivity contribution in [1.82, 2.24) is 19.5 Å². The molecule has 0 radical (unpaired) electrons. The number of carbonyl (C=O) groups excluding carboxylic acids is 1. The Bertz CT molecular complexity index is 628. The fraction of sp³-hybridized carbons (Fsp3) is 0.364. The molecule has 0 unspecified atom stereocenters. The van der Waals surface area contributed by atoms with E-state index in [0.717, 1.165) is 0 Å². The Labute approximate surface area is 124 Å². The van der Waals surface area contributed by atoms with Gasteiger partial charge in [-0.05, 0) is 13.0 Å². The van der Waals surface area contributed by atoms with Crippen molar-refractivity contribution in [2.24, 2.45) is 0 Å². The second-order valence-corrected chi connectivity index (χ2v) is 6.33. The van der Waals surface area contributed by atoms with Crippen LogP contribution < -0.4 is 0 Å². The molecule has 2 aromatic heterocycles. The number of carbonyl (C=O) groups is 1. The summed E-state index contributed by atoms with van der Waals surface area (Å²) in [6.07, 6.45) is 1.68. The Kier molecular flexibility index (Phi) is 4.23. The maximum atomic E-state index is 11.8. The van der Waals surface area contributed by atoms with Crippen LogP contribution in [0.15, 0.2) is 17.4 Å². The molecule has 0 aliphatic heterocycles. The lowest BCUT2D eigenvalue weighted by Crippen LogP contribution is -2.29. The highest BCUT2D eigenvalue weighted by Gasteiger charge is 2.20. The van der Waals surface area contributed by atoms with Crippen molar-refractivity contribution in [3.8, 4) is 0 Å². The highest BCUT2D eigenvalue weighted by atomic mass is 35.5. The maximum absolute atomic E-state index is 11.8. The summed E-state index contributed by atoms with van der Waals surface area (Å²) in [6.45, 7) is 1.82. The van der Waals surface area contributed by atoms with Gasteiger partial charge in [-0.3, -0.25) is 9.20 Å². The molecule has 2 heterocycles. The topological polar surface area (TPSA) is 50.5 Å². The molecule has 5 nitrogen and oxygen atoms in total. The van der Waals surface area contributed by atoms with Crippen LogP contribution in [0, 0.1) is 0 Å². The Hall–Kier alpha value is -0.980. The number of thioether (sulfide) groups is 1. The number of rotatable bonds is 3. The molecule has 1 amide bonds. The van der Waals surface area contributed by atoms with E-state index in [-0.39, 0.29) is 11.2 Å². The van der Waals surface area contributed by atoms with Crippen molar-refractivity contribution in [2.45, 2.75) is 17.3 Å². The zero-order valence-corrected chi connectivity index (χ0v) is 12.9. The Balaban J connectivity index is 2.34. The van der Waals surface area contributed by atoms with Crippen LogP contribution in [0.1, 0.15) is 6.92 Å². The molecule has 0 saturated heterocycles. The molecular formula is C11H12Cl2N4OS. The zero-order valence-electron chi connectivity index (χ0n) is 10.6. The predicted molar refractivity (Wildman–Crippen MR) is 77.0 cm³/mol. The molecule has 2 aromatic rings. The van der Waals surface area contributed by atoms with E-state index in [2.05, 4.69) is 10.2 Å². The van der Waals surface area contributed by atoms with E-state index in [1.54, 1.807) is 35.7 Å². The van der Waals surface area contributed by atoms with Gasteiger partial charge in [0.1, 0.15) is 0 Å². The highest BCUT2D eigenvalue weighted by molar-refractivity contribution is 8.00. The van der Waals surface area contributed by atoms with Crippen LogP contribution in [-0.4, -0.2) is 44.8 Å². The van der Waals surface area contributed by atoms with Gasteiger partial charge in [0.05, 0.1) is 15.3 Å². The third-order valence-corrected chi connectivity index (χ3v) is 4.00. The fourth-order valence-corrected chi connectivity index (χ4v) is 3.03. The fourth-order valence-electron chi connectivity index (χ4n) is 1.55. The van der Waals surface area contributed by atoms with E-state index < -0.39 is 0 Å². The Morgan fingerprint density at radius 3 is 2.74 bits per heavy atom. The first-order valence-corrected chi connectivity index (χ1v) is 7.11. The molecule has 0 aliphatic carbocycles. The summed E-state index contributed by atoms with van der Waals surface area (Å²) in [5.41, 5.74) is 0.526. The third kappa shape index (κ3) is 2.96. The smallest absolute Gasteiger partial charge is 0.235 e. The van der Waals surface area contributed by atoms with Gasteiger partial charge in [0.2, 0.25) is 5.91 Å². The van der Waals surface area contributed by atoms with Gasteiger partial charge in [-0.15, -0.1) is 10.2 Å². The highest BCUT2D eigenvalue weighted by Crippen LogP contribution is 2.27. The lowest BCUT2D eigenvalue weighted by atomic mass is 10.4. The van der Waals surface area contributed by atoms with E-state index in [4.69, 9.17) is 23.2 Å². The number of halogens is 2. The van der Waals surface area contributed by atoms with Gasteiger partial charge in [-0.1, -0.05) is 35.0 Å². The Morgan fingerprint density at radius 1 is 1.42 bits per heavy atom. The summed E-state index contributed by atoms with van der Waals surface area (Å²) in [4.78, 5) is 13.4. The minimum atomic E-state index is -0.264. The number of fused-ring (bicyclic) bond motifs is 1. The predicted octanol–water partition coefficient (Wildman–Crippen LogP) is 2.60. The van der Waals surface area contributed by atoms with Gasteiger partial charge >= 0.3 is 0 Å². The number of aromatic nitrogens is 3. The van der Waals surface area contributed by atoms with Crippen molar-refractivity contribution >= 4 is 46.5 Å². The Morgan fingerprint density at radius 2 is 2.11 bits per heavy atom. The molecule has 0 aliphatic rings. The minimum Gasteiger partial charge on any atom is -0.348 e. The summed E-state index contributed by atoms with van der Waals surface area (Å²) in [5.74, 6) is 0.00914. The lowest BCUT2D eigenvalue weighted by Gasteiger charge is -2.15. The molecule has 19 heavy (non-hydrogen) atoms. The number of nitrogens with zero attached hydrogens (tertiary/aromatic N) is 4. The van der Waals surface area contributed by atoms with Gasteiger partial charge in [0.15, 0.2) is 10.8 Å². The van der Waals surface area contributed by atoms with Crippen molar-refractivity contribution in [3.05, 3.63) is 22.3 Å². The molecule has 0 fully saturated rings. The standard InChI is InChI=1S/C11H12Cl2N4OS/c1-6(10(18)16(2)3)19-11-15-14-9-8(13)4-7(12)5-17(9)11/h4-6H,1-3H3/t6-/m1/s1. The molecule has 0 saturated carbocycles. The van der Waals surface area contributed by atoms with Gasteiger partial charge in [-0.25, -0.2) is 0 Å². The molecule has 1 atom stereocenters. The van der Waals surface area contributed by atoms with Crippen LogP contribution in [-0.2, 0) is 4.79 Å². The SMILES string of the molecule is C[C@@H](Sc1nnc2c(Cl)cc(Cl)cn12)C(=O)N(C)C. The summed E-state index contributed by atoms with van der Waals surface area (Å²) >= 11 is 13.3. The molecule has 0 spiro atoms. The van der Waals surface area contributed by atoms with E-state index in [9.17, 15) is 4.79 Å². The summed E-state index contributed by atoms with van der Waals surface area (Å²) in [5, 5.41) is 9.28. The second kappa shape index (κ2) is 5.56. The molecular weight excluding hydrogens is 307 g/mol. The van der Waals surface area contributed by atoms with Crippen molar-refractivity contribution in [3.63, 3.8) is 0 Å². The normalized spacial score (nSPS) is 12.7. The monoisotopic (exact) mass is 318 g/mol. The number of hydrogen-bond acceptors (Lipinski definition) is 4. The van der Waals surface area contributed by atoms with Gasteiger partial charge in [0.25, 0.3) is 0 Å². The second-order valence-electron chi connectivity index (χ2n) is 4.18. The van der Waals surface area contributed by atoms with E-state index >= 15 is 0 Å². The van der Waals surface area contributed by atoms with Crippen LogP contribution in [0.3, 0.4) is 0 Å². The largest absolute Gasteiger partial charge is 0.348 e. The van der Waals surface area contributed by atoms with Gasteiger partial charge in [0, 0.05) is 20.3 Å². The molecule has 8 heteroatoms. The maximum Gasteiger partial charge on any atom is 0.235 e. The zero-order chi connectivity index (χ0) is 14.2. The average Bonchev–Trinajstić information content (AvgIpc) is 2.71. The molecule has 2 rings (SSSR count). The molecule has 0 bridgehead atoms. The van der Waals surface area contributed by atoms with Gasteiger partial charge < -0.3 is 4.90 Å². The molecule has 0 aromatic carbocycles. The summed E-state index contributed by atoms with van der Waals surface area (Å²) in [7, 11) is 3.43. The first-order chi connectivity index (χ1) is 8.90. The van der Waals surface area contributed by atoms with Crippen molar-refractivity contribution in [2.75, 3.05) is 14.1 Å². The first-order valence-electron chi connectivity index (χ1n) is 5.47. The van der Waals surface area contributed by atoms with Crippen molar-refractivity contribution < 1.29 is 4.79 Å². The third-order valence-electron chi connectivity index (χ3n) is 2.47. The van der Waals surface area contributed by atoms with Crippen LogP contribution in [0.4, 0.5) is 0 Å². The van der Waals surface area contributed by atoms with Crippen LogP contribution in [0.25, 0.3) is 5.65 Å². The van der Waals surface area contributed by atoms with Gasteiger partial charge in [-0.2, -0.15) is 0 Å². The average molecular weight is 319 g/mol. The summed E-state index contributed by atoms with van der Waals surface area (Å²) in [6, 6.07) is 1.61. The van der Waals surface area contributed by atoms with Crippen LogP contribution in [0.5, 0.6) is 0 Å². The van der Waals surface area contributed by atoms with E-state index in [1.807, 2.05) is 6.92 Å². The van der Waals surface area contributed by atoms with E-state index in [0.29, 0.717) is 20.8 Å². The quantitative estimate of drug-likeness (QED) is 0.816. The number of pyridine rings is 1. The molecule has 0 N–H and O–H groups in total. The number of amides is 1. The van der Waals surface area contributed by atoms with Crippen LogP contribution in [0.2, 0.25) is 10.0 Å². The lowest BCUT2D eigenvalue weighted by molar-refractivity contribution is -0.127. The first kappa shape index (κ1) is 14.4. The number of hydrogen-bond donors (Lipinski definition) is 0. The minimum absolute atomic E-state index is 0.00914. The van der Waals surface area contributed by atoms with E-state index in [1.165, 1.54) is 11.8 Å². The van der Waals surface area contributed by atoms with Crippen LogP contribution >= 0.6 is 35.0 Å². The van der Waals surface area contributed by atoms with Crippen molar-refractivity contribution in [1.29, 1.82) is 0 Å².